The van der Waals surface area contributed by atoms with Crippen molar-refractivity contribution in [1.82, 2.24) is 20.2 Å². The second kappa shape index (κ2) is 5.63. The normalized spacial score (nSPS) is 20.3. The molecule has 3 rings (SSSR count). The smallest absolute Gasteiger partial charge is 0.237 e. The van der Waals surface area contributed by atoms with Crippen LogP contribution >= 0.6 is 22.9 Å². The number of thiophene rings is 1. The fourth-order valence-corrected chi connectivity index (χ4v) is 3.60. The topological polar surface area (TPSA) is 58.1 Å². The molecule has 106 valence electrons. The quantitative estimate of drug-likeness (QED) is 0.882. The van der Waals surface area contributed by atoms with Gasteiger partial charge in [-0.3, -0.25) is 9.69 Å². The molecule has 1 amide bonds. The standard InChI is InChI=1S/C13H15ClN4OS/c1-2-9-12(19)15-4-5-18(9)7-10-16-11(14)8-3-6-20-13(8)17-10/h3,6,9H,2,4-5,7H2,1H3,(H,15,19). The minimum atomic E-state index is -0.106. The Morgan fingerprint density at radius 2 is 2.40 bits per heavy atom. The van der Waals surface area contributed by atoms with Gasteiger partial charge < -0.3 is 5.32 Å². The van der Waals surface area contributed by atoms with Crippen LogP contribution in [0, 0.1) is 0 Å². The lowest BCUT2D eigenvalue weighted by molar-refractivity contribution is -0.129. The number of amides is 1. The van der Waals surface area contributed by atoms with Gasteiger partial charge in [-0.15, -0.1) is 11.3 Å². The molecule has 0 bridgehead atoms. The maximum atomic E-state index is 11.8. The highest BCUT2D eigenvalue weighted by Gasteiger charge is 2.28. The van der Waals surface area contributed by atoms with E-state index in [0.29, 0.717) is 24.1 Å². The second-order valence-corrected chi connectivity index (χ2v) is 6.01. The van der Waals surface area contributed by atoms with E-state index in [1.165, 1.54) is 0 Å². The zero-order chi connectivity index (χ0) is 14.1. The summed E-state index contributed by atoms with van der Waals surface area (Å²) >= 11 is 7.73. The number of halogens is 1. The van der Waals surface area contributed by atoms with Crippen LogP contribution in [0.4, 0.5) is 0 Å². The Balaban J connectivity index is 1.86. The summed E-state index contributed by atoms with van der Waals surface area (Å²) < 4.78 is 0. The molecule has 7 heteroatoms. The van der Waals surface area contributed by atoms with Crippen molar-refractivity contribution in [2.45, 2.75) is 25.9 Å². The molecular weight excluding hydrogens is 296 g/mol. The van der Waals surface area contributed by atoms with Gasteiger partial charge in [0.15, 0.2) is 0 Å². The molecule has 1 fully saturated rings. The van der Waals surface area contributed by atoms with Gasteiger partial charge in [0.1, 0.15) is 15.8 Å². The number of piperazine rings is 1. The molecule has 0 aromatic carbocycles. The number of nitrogens with one attached hydrogen (secondary N) is 1. The van der Waals surface area contributed by atoms with E-state index < -0.39 is 0 Å². The van der Waals surface area contributed by atoms with Crippen LogP contribution in [0.25, 0.3) is 10.2 Å². The number of aromatic nitrogens is 2. The van der Waals surface area contributed by atoms with Crippen molar-refractivity contribution in [3.05, 3.63) is 22.4 Å². The zero-order valence-electron chi connectivity index (χ0n) is 11.1. The van der Waals surface area contributed by atoms with E-state index in [9.17, 15) is 4.79 Å². The molecule has 1 unspecified atom stereocenters. The molecule has 0 radical (unpaired) electrons. The van der Waals surface area contributed by atoms with E-state index in [0.717, 1.165) is 23.2 Å². The molecule has 1 saturated heterocycles. The molecule has 5 nitrogen and oxygen atoms in total. The van der Waals surface area contributed by atoms with E-state index in [-0.39, 0.29) is 11.9 Å². The lowest BCUT2D eigenvalue weighted by Gasteiger charge is -2.33. The number of carbonyl (C=O) groups excluding carboxylic acids is 1. The maximum Gasteiger partial charge on any atom is 0.237 e. The van der Waals surface area contributed by atoms with Crippen molar-refractivity contribution in [2.24, 2.45) is 0 Å². The average molecular weight is 311 g/mol. The predicted octanol–water partition coefficient (Wildman–Crippen LogP) is 2.06. The highest BCUT2D eigenvalue weighted by Crippen LogP contribution is 2.25. The molecular formula is C13H15ClN4OS. The van der Waals surface area contributed by atoms with Crippen LogP contribution in [-0.4, -0.2) is 39.9 Å². The molecule has 0 spiro atoms. The Kier molecular flexibility index (Phi) is 3.87. The summed E-state index contributed by atoms with van der Waals surface area (Å²) in [5.41, 5.74) is 0. The molecule has 0 aliphatic carbocycles. The first-order valence-corrected chi connectivity index (χ1v) is 7.86. The SMILES string of the molecule is CCC1C(=O)NCCN1Cc1nc(Cl)c2ccsc2n1. The van der Waals surface area contributed by atoms with Crippen LogP contribution in [0.2, 0.25) is 5.15 Å². The van der Waals surface area contributed by atoms with E-state index in [2.05, 4.69) is 20.2 Å². The first kappa shape index (κ1) is 13.7. The van der Waals surface area contributed by atoms with Crippen LogP contribution in [0.1, 0.15) is 19.2 Å². The van der Waals surface area contributed by atoms with Crippen LogP contribution < -0.4 is 5.32 Å². The van der Waals surface area contributed by atoms with Crippen LogP contribution in [-0.2, 0) is 11.3 Å². The summed E-state index contributed by atoms with van der Waals surface area (Å²) in [5.74, 6) is 0.764. The van der Waals surface area contributed by atoms with Crippen LogP contribution in [0.15, 0.2) is 11.4 Å². The highest BCUT2D eigenvalue weighted by molar-refractivity contribution is 7.16. The van der Waals surface area contributed by atoms with Gasteiger partial charge in [-0.1, -0.05) is 18.5 Å². The molecule has 0 saturated carbocycles. The third-order valence-electron chi connectivity index (χ3n) is 3.50. The van der Waals surface area contributed by atoms with Crippen LogP contribution in [0.5, 0.6) is 0 Å². The van der Waals surface area contributed by atoms with Gasteiger partial charge in [0.25, 0.3) is 0 Å². The van der Waals surface area contributed by atoms with Crippen molar-refractivity contribution in [2.75, 3.05) is 13.1 Å². The Morgan fingerprint density at radius 1 is 1.55 bits per heavy atom. The first-order chi connectivity index (χ1) is 9.69. The van der Waals surface area contributed by atoms with Crippen molar-refractivity contribution >= 4 is 39.1 Å². The molecule has 1 aliphatic heterocycles. The van der Waals surface area contributed by atoms with Gasteiger partial charge in [0.2, 0.25) is 5.91 Å². The molecule has 20 heavy (non-hydrogen) atoms. The Morgan fingerprint density at radius 3 is 3.20 bits per heavy atom. The zero-order valence-corrected chi connectivity index (χ0v) is 12.7. The monoisotopic (exact) mass is 310 g/mol. The largest absolute Gasteiger partial charge is 0.353 e. The minimum absolute atomic E-state index is 0.0852. The number of carbonyl (C=O) groups is 1. The third-order valence-corrected chi connectivity index (χ3v) is 4.59. The lowest BCUT2D eigenvalue weighted by atomic mass is 10.1. The number of hydrogen-bond acceptors (Lipinski definition) is 5. The summed E-state index contributed by atoms with van der Waals surface area (Å²) in [5, 5.41) is 6.23. The van der Waals surface area contributed by atoms with Gasteiger partial charge in [-0.2, -0.15) is 0 Å². The molecule has 1 N–H and O–H groups in total. The Hall–Kier alpha value is -1.24. The Labute approximate surface area is 126 Å². The summed E-state index contributed by atoms with van der Waals surface area (Å²) in [7, 11) is 0. The average Bonchev–Trinajstić information content (AvgIpc) is 2.88. The van der Waals surface area contributed by atoms with Gasteiger partial charge in [-0.25, -0.2) is 9.97 Å². The number of fused-ring (bicyclic) bond motifs is 1. The predicted molar refractivity (Wildman–Crippen MR) is 79.9 cm³/mol. The molecule has 3 heterocycles. The summed E-state index contributed by atoms with van der Waals surface area (Å²) in [4.78, 5) is 23.7. The molecule has 1 aliphatic rings. The van der Waals surface area contributed by atoms with Crippen molar-refractivity contribution in [1.29, 1.82) is 0 Å². The third kappa shape index (κ3) is 2.51. The summed E-state index contributed by atoms with van der Waals surface area (Å²) in [6.45, 7) is 4.05. The van der Waals surface area contributed by atoms with Gasteiger partial charge in [-0.05, 0) is 17.9 Å². The number of hydrogen-bond donors (Lipinski definition) is 1. The van der Waals surface area contributed by atoms with Crippen molar-refractivity contribution in [3.63, 3.8) is 0 Å². The second-order valence-electron chi connectivity index (χ2n) is 4.76. The first-order valence-electron chi connectivity index (χ1n) is 6.60. The van der Waals surface area contributed by atoms with Crippen molar-refractivity contribution in [3.8, 4) is 0 Å². The number of nitrogens with zero attached hydrogens (tertiary/aromatic N) is 3. The van der Waals surface area contributed by atoms with Gasteiger partial charge in [0, 0.05) is 18.5 Å². The Bertz CT molecular complexity index is 644. The van der Waals surface area contributed by atoms with E-state index in [1.807, 2.05) is 18.4 Å². The van der Waals surface area contributed by atoms with Gasteiger partial charge >= 0.3 is 0 Å². The van der Waals surface area contributed by atoms with Crippen LogP contribution in [0.3, 0.4) is 0 Å². The molecule has 2 aromatic heterocycles. The fourth-order valence-electron chi connectivity index (χ4n) is 2.51. The highest BCUT2D eigenvalue weighted by atomic mass is 35.5. The number of rotatable bonds is 3. The lowest BCUT2D eigenvalue weighted by Crippen LogP contribution is -2.54. The minimum Gasteiger partial charge on any atom is -0.353 e. The van der Waals surface area contributed by atoms with Gasteiger partial charge in [0.05, 0.1) is 12.6 Å². The van der Waals surface area contributed by atoms with Crippen molar-refractivity contribution < 1.29 is 4.79 Å². The summed E-state index contributed by atoms with van der Waals surface area (Å²) in [6, 6.07) is 1.82. The summed E-state index contributed by atoms with van der Waals surface area (Å²) in [6.07, 6.45) is 0.779. The van der Waals surface area contributed by atoms with E-state index in [1.54, 1.807) is 11.3 Å². The molecule has 1 atom stereocenters. The van der Waals surface area contributed by atoms with E-state index in [4.69, 9.17) is 11.6 Å². The fraction of sp³-hybridized carbons (Fsp3) is 0.462. The molecule has 2 aromatic rings. The van der Waals surface area contributed by atoms with E-state index >= 15 is 0 Å². The maximum absolute atomic E-state index is 11.8.